The van der Waals surface area contributed by atoms with Crippen LogP contribution in [0.5, 0.6) is 5.88 Å². The summed E-state index contributed by atoms with van der Waals surface area (Å²) in [6.45, 7) is 2.77. The van der Waals surface area contributed by atoms with Gasteiger partial charge in [-0.3, -0.25) is 9.78 Å². The van der Waals surface area contributed by atoms with Gasteiger partial charge in [0.2, 0.25) is 5.88 Å². The molecule has 12 heteroatoms. The fraction of sp³-hybridized carbons (Fsp3) is 0.348. The van der Waals surface area contributed by atoms with Crippen molar-refractivity contribution in [1.82, 2.24) is 44.4 Å². The number of anilines is 1. The monoisotopic (exact) mass is 474 g/mol. The highest BCUT2D eigenvalue weighted by Crippen LogP contribution is 2.30. The molecular formula is C23H26N10O2. The number of hydrogen-bond donors (Lipinski definition) is 1. The molecule has 0 fully saturated rings. The van der Waals surface area contributed by atoms with Gasteiger partial charge in [-0.05, 0) is 39.6 Å². The zero-order valence-electron chi connectivity index (χ0n) is 20.0. The number of hydrogen-bond acceptors (Lipinski definition) is 9. The Hall–Kier alpha value is -4.19. The van der Waals surface area contributed by atoms with Crippen LogP contribution in [0, 0.1) is 0 Å². The van der Waals surface area contributed by atoms with Crippen molar-refractivity contribution >= 4 is 11.7 Å². The van der Waals surface area contributed by atoms with Crippen LogP contribution >= 0.6 is 0 Å². The summed E-state index contributed by atoms with van der Waals surface area (Å²) in [6, 6.07) is 5.71. The first-order valence-corrected chi connectivity index (χ1v) is 11.2. The second-order valence-corrected chi connectivity index (χ2v) is 8.66. The van der Waals surface area contributed by atoms with Crippen LogP contribution in [-0.4, -0.2) is 71.5 Å². The lowest BCUT2D eigenvalue weighted by Gasteiger charge is -2.10. The van der Waals surface area contributed by atoms with E-state index in [0.717, 1.165) is 24.4 Å². The van der Waals surface area contributed by atoms with E-state index in [2.05, 4.69) is 47.1 Å². The number of fused-ring (bicyclic) bond motifs is 1. The molecule has 1 aliphatic heterocycles. The van der Waals surface area contributed by atoms with E-state index in [1.165, 1.54) is 11.8 Å². The smallest absolute Gasteiger partial charge is 0.263 e. The number of carbonyl (C=O) groups is 1. The van der Waals surface area contributed by atoms with Crippen molar-refractivity contribution in [3.05, 3.63) is 53.9 Å². The molecule has 0 radical (unpaired) electrons. The first-order chi connectivity index (χ1) is 16.9. The van der Waals surface area contributed by atoms with Crippen molar-refractivity contribution in [3.8, 4) is 23.2 Å². The van der Waals surface area contributed by atoms with Gasteiger partial charge in [-0.25, -0.2) is 14.6 Å². The Labute approximate surface area is 202 Å². The summed E-state index contributed by atoms with van der Waals surface area (Å²) in [5.41, 5.74) is 1.67. The number of nitrogens with zero attached hydrogens (tertiary/aromatic N) is 9. The average molecular weight is 475 g/mol. The normalized spacial score (nSPS) is 14.8. The van der Waals surface area contributed by atoms with Crippen molar-refractivity contribution in [2.45, 2.75) is 32.4 Å². The van der Waals surface area contributed by atoms with Gasteiger partial charge in [0.15, 0.2) is 11.6 Å². The van der Waals surface area contributed by atoms with E-state index in [9.17, 15) is 4.79 Å². The molecule has 0 spiro atoms. The highest BCUT2D eigenvalue weighted by molar-refractivity contribution is 6.05. The van der Waals surface area contributed by atoms with E-state index in [0.29, 0.717) is 35.7 Å². The van der Waals surface area contributed by atoms with Gasteiger partial charge in [0, 0.05) is 31.4 Å². The van der Waals surface area contributed by atoms with Crippen molar-refractivity contribution in [3.63, 3.8) is 0 Å². The molecule has 4 aromatic heterocycles. The van der Waals surface area contributed by atoms with Crippen LogP contribution in [0.1, 0.15) is 41.3 Å². The molecule has 4 aromatic rings. The molecule has 0 aromatic carbocycles. The third-order valence-electron chi connectivity index (χ3n) is 5.72. The number of methoxy groups -OCH3 is 1. The lowest BCUT2D eigenvalue weighted by Crippen LogP contribution is -2.14. The quantitative estimate of drug-likeness (QED) is 0.428. The minimum absolute atomic E-state index is 0.169. The summed E-state index contributed by atoms with van der Waals surface area (Å²) in [7, 11) is 5.37. The summed E-state index contributed by atoms with van der Waals surface area (Å²) in [5, 5.41) is 15.8. The van der Waals surface area contributed by atoms with Gasteiger partial charge in [-0.2, -0.15) is 0 Å². The summed E-state index contributed by atoms with van der Waals surface area (Å²) >= 11 is 0. The van der Waals surface area contributed by atoms with E-state index in [1.807, 2.05) is 31.1 Å². The molecule has 1 aliphatic rings. The SMILES string of the molecule is COc1nn(-c2cncc(CN(C)C)n2)cc1C(=O)Nc1cccc(-c2nnc3n2[C@@H](C)CC3)n1. The van der Waals surface area contributed by atoms with Gasteiger partial charge in [0.05, 0.1) is 19.0 Å². The Morgan fingerprint density at radius 2 is 2.09 bits per heavy atom. The highest BCUT2D eigenvalue weighted by Gasteiger charge is 2.25. The number of aromatic nitrogens is 8. The molecule has 0 saturated carbocycles. The molecular weight excluding hydrogens is 448 g/mol. The van der Waals surface area contributed by atoms with Crippen molar-refractivity contribution in [2.24, 2.45) is 0 Å². The molecule has 5 rings (SSSR count). The molecule has 0 bridgehead atoms. The Morgan fingerprint density at radius 1 is 1.23 bits per heavy atom. The van der Waals surface area contributed by atoms with Crippen LogP contribution < -0.4 is 10.1 Å². The zero-order chi connectivity index (χ0) is 24.5. The van der Waals surface area contributed by atoms with Crippen LogP contribution in [0.4, 0.5) is 5.82 Å². The Bertz CT molecular complexity index is 1380. The lowest BCUT2D eigenvalue weighted by molar-refractivity contribution is 0.102. The molecule has 0 unspecified atom stereocenters. The van der Waals surface area contributed by atoms with Gasteiger partial charge < -0.3 is 19.5 Å². The molecule has 5 heterocycles. The van der Waals surface area contributed by atoms with E-state index in [-0.39, 0.29) is 11.4 Å². The van der Waals surface area contributed by atoms with Crippen LogP contribution in [0.3, 0.4) is 0 Å². The van der Waals surface area contributed by atoms with E-state index >= 15 is 0 Å². The Balaban J connectivity index is 1.39. The summed E-state index contributed by atoms with van der Waals surface area (Å²) in [5.74, 6) is 2.29. The van der Waals surface area contributed by atoms with Crippen molar-refractivity contribution in [2.75, 3.05) is 26.5 Å². The molecule has 0 saturated heterocycles. The molecule has 0 aliphatic carbocycles. The van der Waals surface area contributed by atoms with Crippen LogP contribution in [0.25, 0.3) is 17.3 Å². The standard InChI is InChI=1S/C23H26N10O2/c1-14-8-9-19-28-29-21(33(14)19)17-6-5-7-18(26-17)27-22(34)16-13-32(30-23(16)35-4)20-11-24-10-15(25-20)12-31(2)3/h5-7,10-11,13-14H,8-9,12H2,1-4H3,(H,26,27,34)/t14-/m0/s1. The van der Waals surface area contributed by atoms with E-state index in [4.69, 9.17) is 4.74 Å². The maximum Gasteiger partial charge on any atom is 0.263 e. The van der Waals surface area contributed by atoms with Crippen molar-refractivity contribution < 1.29 is 9.53 Å². The van der Waals surface area contributed by atoms with Crippen molar-refractivity contribution in [1.29, 1.82) is 0 Å². The Morgan fingerprint density at radius 3 is 2.89 bits per heavy atom. The average Bonchev–Trinajstić information content (AvgIpc) is 3.55. The number of amides is 1. The fourth-order valence-corrected chi connectivity index (χ4v) is 4.10. The predicted octanol–water partition coefficient (Wildman–Crippen LogP) is 2.15. The number of ether oxygens (including phenoxy) is 1. The first kappa shape index (κ1) is 22.6. The fourth-order valence-electron chi connectivity index (χ4n) is 4.10. The highest BCUT2D eigenvalue weighted by atomic mass is 16.5. The number of aryl methyl sites for hydroxylation is 1. The molecule has 1 atom stereocenters. The predicted molar refractivity (Wildman–Crippen MR) is 127 cm³/mol. The third-order valence-corrected chi connectivity index (χ3v) is 5.72. The van der Waals surface area contributed by atoms with Crippen LogP contribution in [0.2, 0.25) is 0 Å². The minimum Gasteiger partial charge on any atom is -0.479 e. The Kier molecular flexibility index (Phi) is 5.95. The van der Waals surface area contributed by atoms with Gasteiger partial charge >= 0.3 is 0 Å². The number of rotatable bonds is 7. The van der Waals surface area contributed by atoms with E-state index in [1.54, 1.807) is 24.7 Å². The van der Waals surface area contributed by atoms with E-state index < -0.39 is 5.91 Å². The third kappa shape index (κ3) is 4.47. The molecule has 1 amide bonds. The van der Waals surface area contributed by atoms with Crippen LogP contribution in [0.15, 0.2) is 36.8 Å². The molecule has 1 N–H and O–H groups in total. The van der Waals surface area contributed by atoms with Crippen LogP contribution in [-0.2, 0) is 13.0 Å². The second-order valence-electron chi connectivity index (χ2n) is 8.66. The number of nitrogens with one attached hydrogen (secondary N) is 1. The van der Waals surface area contributed by atoms with Gasteiger partial charge in [-0.1, -0.05) is 6.07 Å². The second kappa shape index (κ2) is 9.22. The zero-order valence-corrected chi connectivity index (χ0v) is 20.0. The van der Waals surface area contributed by atoms with Gasteiger partial charge in [0.1, 0.15) is 22.9 Å². The lowest BCUT2D eigenvalue weighted by atomic mass is 10.2. The maximum absolute atomic E-state index is 13.1. The maximum atomic E-state index is 13.1. The summed E-state index contributed by atoms with van der Waals surface area (Å²) in [6.07, 6.45) is 6.77. The summed E-state index contributed by atoms with van der Waals surface area (Å²) in [4.78, 5) is 28.5. The minimum atomic E-state index is -0.407. The van der Waals surface area contributed by atoms with Gasteiger partial charge in [-0.15, -0.1) is 15.3 Å². The molecule has 12 nitrogen and oxygen atoms in total. The topological polar surface area (TPSA) is 129 Å². The first-order valence-electron chi connectivity index (χ1n) is 11.2. The summed E-state index contributed by atoms with van der Waals surface area (Å²) < 4.78 is 8.94. The number of carbonyl (C=O) groups excluding carboxylic acids is 1. The molecule has 35 heavy (non-hydrogen) atoms. The largest absolute Gasteiger partial charge is 0.479 e. The van der Waals surface area contributed by atoms with Gasteiger partial charge in [0.25, 0.3) is 5.91 Å². The molecule has 180 valence electrons. The number of pyridine rings is 1.